The van der Waals surface area contributed by atoms with E-state index < -0.39 is 0 Å². The molecular formula is C27H27ClN4O2. The van der Waals surface area contributed by atoms with Gasteiger partial charge in [0.05, 0.1) is 22.5 Å². The van der Waals surface area contributed by atoms with Crippen molar-refractivity contribution < 1.29 is 9.90 Å². The number of H-pyrrole nitrogens is 1. The van der Waals surface area contributed by atoms with Crippen molar-refractivity contribution in [3.05, 3.63) is 94.5 Å². The number of carbonyl (C=O) groups excluding carboxylic acids is 1. The van der Waals surface area contributed by atoms with Gasteiger partial charge in [0.2, 0.25) is 5.91 Å². The van der Waals surface area contributed by atoms with Crippen molar-refractivity contribution in [3.8, 4) is 5.88 Å². The van der Waals surface area contributed by atoms with Crippen molar-refractivity contribution in [1.82, 2.24) is 10.3 Å². The summed E-state index contributed by atoms with van der Waals surface area (Å²) < 4.78 is 0. The number of aromatic nitrogens is 1. The molecule has 1 atom stereocenters. The smallest absolute Gasteiger partial charge is 0.216 e. The van der Waals surface area contributed by atoms with Gasteiger partial charge in [-0.2, -0.15) is 0 Å². The average molecular weight is 475 g/mol. The summed E-state index contributed by atoms with van der Waals surface area (Å²) in [5, 5.41) is 15.0. The SMILES string of the molecule is CC(=O)NCCCC(N)c1ccc(N=C(c2ccccc2)c2c(O)[nH]c3cc(Cl)ccc23)cc1. The van der Waals surface area contributed by atoms with Crippen molar-refractivity contribution >= 4 is 39.8 Å². The number of amides is 1. The van der Waals surface area contributed by atoms with Crippen LogP contribution in [-0.4, -0.2) is 28.3 Å². The third-order valence-corrected chi connectivity index (χ3v) is 5.89. The number of carbonyl (C=O) groups is 1. The molecule has 0 aliphatic heterocycles. The lowest BCUT2D eigenvalue weighted by atomic mass is 10.0. The van der Waals surface area contributed by atoms with Crippen molar-refractivity contribution in [2.24, 2.45) is 10.7 Å². The minimum absolute atomic E-state index is 0.0330. The molecule has 174 valence electrons. The van der Waals surface area contributed by atoms with Gasteiger partial charge in [0.25, 0.3) is 0 Å². The first kappa shape index (κ1) is 23.5. The number of nitrogens with one attached hydrogen (secondary N) is 2. The Morgan fingerprint density at radius 3 is 2.56 bits per heavy atom. The van der Waals surface area contributed by atoms with Crippen LogP contribution in [0, 0.1) is 0 Å². The number of hydrogen-bond donors (Lipinski definition) is 4. The minimum atomic E-state index is -0.122. The highest BCUT2D eigenvalue weighted by Gasteiger charge is 2.19. The number of aliphatic imine (C=N–C) groups is 1. The first-order valence-corrected chi connectivity index (χ1v) is 11.5. The third-order valence-electron chi connectivity index (χ3n) is 5.65. The zero-order chi connectivity index (χ0) is 24.1. The fraction of sp³-hybridized carbons (Fsp3) is 0.185. The first-order valence-electron chi connectivity index (χ1n) is 11.2. The van der Waals surface area contributed by atoms with Crippen molar-refractivity contribution in [2.75, 3.05) is 6.54 Å². The molecule has 0 spiro atoms. The Hall–Kier alpha value is -3.61. The molecule has 0 saturated carbocycles. The summed E-state index contributed by atoms with van der Waals surface area (Å²) >= 11 is 6.14. The Bertz CT molecular complexity index is 1310. The second-order valence-electron chi connectivity index (χ2n) is 8.19. The third kappa shape index (κ3) is 5.47. The predicted octanol–water partition coefficient (Wildman–Crippen LogP) is 5.61. The summed E-state index contributed by atoms with van der Waals surface area (Å²) in [5.41, 5.74) is 11.0. The Morgan fingerprint density at radius 1 is 1.12 bits per heavy atom. The van der Waals surface area contributed by atoms with Crippen molar-refractivity contribution in [1.29, 1.82) is 0 Å². The van der Waals surface area contributed by atoms with Crippen molar-refractivity contribution in [2.45, 2.75) is 25.8 Å². The van der Waals surface area contributed by atoms with Crippen LogP contribution in [0.3, 0.4) is 0 Å². The number of benzene rings is 3. The van der Waals surface area contributed by atoms with E-state index in [1.54, 1.807) is 12.1 Å². The molecule has 7 heteroatoms. The lowest BCUT2D eigenvalue weighted by molar-refractivity contribution is -0.118. The molecule has 1 heterocycles. The van der Waals surface area contributed by atoms with Crippen LogP contribution in [0.5, 0.6) is 5.88 Å². The van der Waals surface area contributed by atoms with E-state index >= 15 is 0 Å². The van der Waals surface area contributed by atoms with Gasteiger partial charge in [0.15, 0.2) is 5.88 Å². The standard InChI is InChI=1S/C27H27ClN4O2/c1-17(33)30-15-5-8-23(29)18-9-12-21(13-10-18)31-26(19-6-3-2-4-7-19)25-22-14-11-20(28)16-24(22)32-27(25)34/h2-4,6-7,9-14,16,23,32,34H,5,8,15,29H2,1H3,(H,30,33). The van der Waals surface area contributed by atoms with E-state index in [0.717, 1.165) is 40.6 Å². The number of fused-ring (bicyclic) bond motifs is 1. The summed E-state index contributed by atoms with van der Waals surface area (Å²) in [6.07, 6.45) is 1.58. The second kappa shape index (κ2) is 10.5. The van der Waals surface area contributed by atoms with Crippen LogP contribution >= 0.6 is 11.6 Å². The quantitative estimate of drug-likeness (QED) is 0.197. The lowest BCUT2D eigenvalue weighted by Crippen LogP contribution is -2.22. The molecular weight excluding hydrogens is 448 g/mol. The molecule has 0 saturated heterocycles. The number of aromatic hydroxyl groups is 1. The normalized spacial score (nSPS) is 12.6. The second-order valence-corrected chi connectivity index (χ2v) is 8.62. The molecule has 0 fully saturated rings. The van der Waals surface area contributed by atoms with E-state index in [1.807, 2.05) is 60.7 Å². The van der Waals surface area contributed by atoms with E-state index in [2.05, 4.69) is 10.3 Å². The summed E-state index contributed by atoms with van der Waals surface area (Å²) in [7, 11) is 0. The number of aromatic amines is 1. The highest BCUT2D eigenvalue weighted by atomic mass is 35.5. The topological polar surface area (TPSA) is 104 Å². The minimum Gasteiger partial charge on any atom is -0.494 e. The molecule has 4 aromatic rings. The molecule has 6 nitrogen and oxygen atoms in total. The van der Waals surface area contributed by atoms with Gasteiger partial charge < -0.3 is 21.1 Å². The molecule has 3 aromatic carbocycles. The maximum atomic E-state index is 11.0. The molecule has 4 rings (SSSR count). The van der Waals surface area contributed by atoms with Crippen LogP contribution < -0.4 is 11.1 Å². The van der Waals surface area contributed by atoms with E-state index in [0.29, 0.717) is 22.8 Å². The van der Waals surface area contributed by atoms with Gasteiger partial charge in [-0.1, -0.05) is 60.1 Å². The van der Waals surface area contributed by atoms with E-state index in [4.69, 9.17) is 22.3 Å². The monoisotopic (exact) mass is 474 g/mol. The fourth-order valence-electron chi connectivity index (χ4n) is 3.93. The zero-order valence-corrected chi connectivity index (χ0v) is 19.6. The maximum Gasteiger partial charge on any atom is 0.216 e. The highest BCUT2D eigenvalue weighted by Crippen LogP contribution is 2.33. The predicted molar refractivity (Wildman–Crippen MR) is 138 cm³/mol. The van der Waals surface area contributed by atoms with Gasteiger partial charge >= 0.3 is 0 Å². The Morgan fingerprint density at radius 2 is 1.85 bits per heavy atom. The van der Waals surface area contributed by atoms with E-state index in [1.165, 1.54) is 6.92 Å². The fourth-order valence-corrected chi connectivity index (χ4v) is 4.11. The van der Waals surface area contributed by atoms with Gasteiger partial charge in [-0.05, 0) is 42.7 Å². The van der Waals surface area contributed by atoms with Gasteiger partial charge in [0, 0.05) is 35.5 Å². The Labute approximate surface area is 203 Å². The average Bonchev–Trinajstić information content (AvgIpc) is 3.15. The number of hydrogen-bond acceptors (Lipinski definition) is 4. The van der Waals surface area contributed by atoms with Crippen LogP contribution in [0.25, 0.3) is 10.9 Å². The van der Waals surface area contributed by atoms with E-state index in [9.17, 15) is 9.90 Å². The number of nitrogens with zero attached hydrogens (tertiary/aromatic N) is 1. The molecule has 1 amide bonds. The largest absolute Gasteiger partial charge is 0.494 e. The summed E-state index contributed by atoms with van der Waals surface area (Å²) in [5.74, 6) is 0.00650. The van der Waals surface area contributed by atoms with Crippen LogP contribution in [0.2, 0.25) is 5.02 Å². The van der Waals surface area contributed by atoms with Gasteiger partial charge in [-0.3, -0.25) is 4.79 Å². The van der Waals surface area contributed by atoms with Crippen molar-refractivity contribution in [3.63, 3.8) is 0 Å². The number of halogens is 1. The number of rotatable bonds is 8. The van der Waals surface area contributed by atoms with Crippen LogP contribution in [0.15, 0.2) is 77.8 Å². The molecule has 1 aromatic heterocycles. The highest BCUT2D eigenvalue weighted by molar-refractivity contribution is 6.31. The van der Waals surface area contributed by atoms with E-state index in [-0.39, 0.29) is 17.8 Å². The van der Waals surface area contributed by atoms with Crippen LogP contribution in [0.4, 0.5) is 5.69 Å². The molecule has 0 bridgehead atoms. The van der Waals surface area contributed by atoms with Crippen LogP contribution in [-0.2, 0) is 4.79 Å². The summed E-state index contributed by atoms with van der Waals surface area (Å²) in [4.78, 5) is 18.9. The molecule has 0 aliphatic rings. The van der Waals surface area contributed by atoms with Crippen LogP contribution in [0.1, 0.15) is 42.5 Å². The Kier molecular flexibility index (Phi) is 7.30. The maximum absolute atomic E-state index is 11.0. The van der Waals surface area contributed by atoms with Gasteiger partial charge in [-0.25, -0.2) is 4.99 Å². The zero-order valence-electron chi connectivity index (χ0n) is 18.9. The molecule has 0 aliphatic carbocycles. The summed E-state index contributed by atoms with van der Waals surface area (Å²) in [6.45, 7) is 2.12. The first-order chi connectivity index (χ1) is 16.4. The molecule has 0 radical (unpaired) electrons. The number of nitrogens with two attached hydrogens (primary N) is 1. The van der Waals surface area contributed by atoms with Gasteiger partial charge in [0.1, 0.15) is 0 Å². The lowest BCUT2D eigenvalue weighted by Gasteiger charge is -2.13. The molecule has 34 heavy (non-hydrogen) atoms. The summed E-state index contributed by atoms with van der Waals surface area (Å²) in [6, 6.07) is 22.9. The molecule has 1 unspecified atom stereocenters. The van der Waals surface area contributed by atoms with Gasteiger partial charge in [-0.15, -0.1) is 0 Å². The Balaban J connectivity index is 1.65. The molecule has 5 N–H and O–H groups in total.